The number of ether oxygens (including phenoxy) is 1. The van der Waals surface area contributed by atoms with Crippen molar-refractivity contribution in [2.24, 2.45) is 0 Å². The standard InChI is InChI=1S/C16H11Cl2FN2O4/c17-11-6-3-5-10(14(11)18)16(24)25-8-13(22)20-21-15(23)9-4-1-2-7-12(9)19/h1-7H,8H2,(H,20,22)(H,21,23). The fourth-order valence-electron chi connectivity index (χ4n) is 1.75. The van der Waals surface area contributed by atoms with E-state index < -0.39 is 30.2 Å². The molecule has 2 rings (SSSR count). The normalized spacial score (nSPS) is 10.0. The number of amides is 2. The predicted octanol–water partition coefficient (Wildman–Crippen LogP) is 2.75. The van der Waals surface area contributed by atoms with E-state index in [0.717, 1.165) is 6.07 Å². The van der Waals surface area contributed by atoms with E-state index in [1.807, 2.05) is 10.9 Å². The first kappa shape index (κ1) is 18.7. The van der Waals surface area contributed by atoms with Crippen molar-refractivity contribution >= 4 is 41.0 Å². The van der Waals surface area contributed by atoms with E-state index in [4.69, 9.17) is 27.9 Å². The van der Waals surface area contributed by atoms with Crippen molar-refractivity contribution in [3.8, 4) is 0 Å². The zero-order chi connectivity index (χ0) is 18.4. The first-order chi connectivity index (χ1) is 11.9. The number of carbonyl (C=O) groups excluding carboxylic acids is 3. The summed E-state index contributed by atoms with van der Waals surface area (Å²) in [5, 5.41) is 0.167. The number of nitrogens with one attached hydrogen (secondary N) is 2. The summed E-state index contributed by atoms with van der Waals surface area (Å²) < 4.78 is 18.2. The van der Waals surface area contributed by atoms with Gasteiger partial charge in [-0.15, -0.1) is 0 Å². The Bertz CT molecular complexity index is 830. The molecule has 2 aromatic carbocycles. The smallest absolute Gasteiger partial charge is 0.340 e. The van der Waals surface area contributed by atoms with E-state index in [1.54, 1.807) is 0 Å². The summed E-state index contributed by atoms with van der Waals surface area (Å²) in [4.78, 5) is 35.1. The molecule has 0 aliphatic carbocycles. The maximum absolute atomic E-state index is 13.4. The molecular weight excluding hydrogens is 374 g/mol. The molecule has 2 N–H and O–H groups in total. The molecule has 0 spiro atoms. The van der Waals surface area contributed by atoms with Crippen LogP contribution in [0, 0.1) is 5.82 Å². The fraction of sp³-hybridized carbons (Fsp3) is 0.0625. The highest BCUT2D eigenvalue weighted by molar-refractivity contribution is 6.43. The van der Waals surface area contributed by atoms with Crippen LogP contribution in [0.3, 0.4) is 0 Å². The van der Waals surface area contributed by atoms with E-state index in [2.05, 4.69) is 0 Å². The highest BCUT2D eigenvalue weighted by atomic mass is 35.5. The SMILES string of the molecule is O=C(COC(=O)c1cccc(Cl)c1Cl)NNC(=O)c1ccccc1F. The fourth-order valence-corrected chi connectivity index (χ4v) is 2.12. The van der Waals surface area contributed by atoms with Crippen LogP contribution < -0.4 is 10.9 Å². The van der Waals surface area contributed by atoms with Gasteiger partial charge in [-0.25, -0.2) is 9.18 Å². The maximum atomic E-state index is 13.4. The van der Waals surface area contributed by atoms with Gasteiger partial charge in [-0.3, -0.25) is 20.4 Å². The Morgan fingerprint density at radius 3 is 2.36 bits per heavy atom. The third-order valence-electron chi connectivity index (χ3n) is 2.94. The molecule has 0 unspecified atom stereocenters. The van der Waals surface area contributed by atoms with Gasteiger partial charge in [0, 0.05) is 0 Å². The molecule has 0 saturated carbocycles. The first-order valence-electron chi connectivity index (χ1n) is 6.85. The minimum absolute atomic E-state index is 0.00225. The summed E-state index contributed by atoms with van der Waals surface area (Å²) in [6, 6.07) is 9.62. The van der Waals surface area contributed by atoms with Crippen LogP contribution in [0.2, 0.25) is 10.0 Å². The van der Waals surface area contributed by atoms with Crippen LogP contribution in [0.15, 0.2) is 42.5 Å². The Labute approximate surface area is 151 Å². The van der Waals surface area contributed by atoms with Crippen molar-refractivity contribution in [2.45, 2.75) is 0 Å². The van der Waals surface area contributed by atoms with Gasteiger partial charge in [-0.2, -0.15) is 0 Å². The van der Waals surface area contributed by atoms with Crippen LogP contribution in [0.25, 0.3) is 0 Å². The van der Waals surface area contributed by atoms with E-state index in [-0.39, 0.29) is 21.2 Å². The highest BCUT2D eigenvalue weighted by Crippen LogP contribution is 2.25. The Balaban J connectivity index is 1.85. The second kappa shape index (κ2) is 8.46. The Morgan fingerprint density at radius 1 is 0.960 bits per heavy atom. The molecular formula is C16H11Cl2FN2O4. The molecule has 0 radical (unpaired) electrons. The van der Waals surface area contributed by atoms with Gasteiger partial charge < -0.3 is 4.74 Å². The van der Waals surface area contributed by atoms with Crippen LogP contribution in [0.4, 0.5) is 4.39 Å². The number of halogens is 3. The quantitative estimate of drug-likeness (QED) is 0.626. The van der Waals surface area contributed by atoms with Gasteiger partial charge in [0.15, 0.2) is 6.61 Å². The second-order valence-corrected chi connectivity index (χ2v) is 5.44. The lowest BCUT2D eigenvalue weighted by molar-refractivity contribution is -0.125. The average Bonchev–Trinajstić information content (AvgIpc) is 2.60. The summed E-state index contributed by atoms with van der Waals surface area (Å²) >= 11 is 11.6. The van der Waals surface area contributed by atoms with Crippen LogP contribution >= 0.6 is 23.2 Å². The van der Waals surface area contributed by atoms with Gasteiger partial charge in [0.2, 0.25) is 0 Å². The molecule has 0 saturated heterocycles. The summed E-state index contributed by atoms with van der Waals surface area (Å²) in [5.74, 6) is -3.27. The monoisotopic (exact) mass is 384 g/mol. The highest BCUT2D eigenvalue weighted by Gasteiger charge is 2.16. The molecule has 0 bridgehead atoms. The molecule has 25 heavy (non-hydrogen) atoms. The molecule has 0 heterocycles. The van der Waals surface area contributed by atoms with Crippen molar-refractivity contribution in [3.63, 3.8) is 0 Å². The van der Waals surface area contributed by atoms with Crippen LogP contribution in [0.5, 0.6) is 0 Å². The number of hydrogen-bond donors (Lipinski definition) is 2. The number of carbonyl (C=O) groups is 3. The Morgan fingerprint density at radius 2 is 1.64 bits per heavy atom. The molecule has 130 valence electrons. The van der Waals surface area contributed by atoms with Gasteiger partial charge in [0.1, 0.15) is 5.82 Å². The number of esters is 1. The van der Waals surface area contributed by atoms with Crippen molar-refractivity contribution < 1.29 is 23.5 Å². The van der Waals surface area contributed by atoms with E-state index in [1.165, 1.54) is 36.4 Å². The van der Waals surface area contributed by atoms with Gasteiger partial charge in [0.05, 0.1) is 21.2 Å². The number of hydrogen-bond acceptors (Lipinski definition) is 4. The second-order valence-electron chi connectivity index (χ2n) is 4.66. The molecule has 0 aliphatic rings. The number of benzene rings is 2. The minimum Gasteiger partial charge on any atom is -0.452 e. The van der Waals surface area contributed by atoms with E-state index in [9.17, 15) is 18.8 Å². The largest absolute Gasteiger partial charge is 0.452 e. The lowest BCUT2D eigenvalue weighted by atomic mass is 10.2. The van der Waals surface area contributed by atoms with Crippen molar-refractivity contribution in [1.29, 1.82) is 0 Å². The molecule has 0 aliphatic heterocycles. The molecule has 0 aromatic heterocycles. The van der Waals surface area contributed by atoms with Crippen molar-refractivity contribution in [2.75, 3.05) is 6.61 Å². The number of rotatable bonds is 4. The third-order valence-corrected chi connectivity index (χ3v) is 3.76. The van der Waals surface area contributed by atoms with E-state index in [0.29, 0.717) is 0 Å². The van der Waals surface area contributed by atoms with Crippen molar-refractivity contribution in [1.82, 2.24) is 10.9 Å². The van der Waals surface area contributed by atoms with Gasteiger partial charge in [-0.05, 0) is 24.3 Å². The van der Waals surface area contributed by atoms with Crippen LogP contribution in [-0.2, 0) is 9.53 Å². The minimum atomic E-state index is -0.858. The molecule has 0 atom stereocenters. The lowest BCUT2D eigenvalue weighted by Gasteiger charge is -2.09. The first-order valence-corrected chi connectivity index (χ1v) is 7.60. The van der Waals surface area contributed by atoms with Crippen LogP contribution in [-0.4, -0.2) is 24.4 Å². The van der Waals surface area contributed by atoms with Gasteiger partial charge in [-0.1, -0.05) is 41.4 Å². The Hall–Kier alpha value is -2.64. The van der Waals surface area contributed by atoms with E-state index >= 15 is 0 Å². The molecule has 9 heteroatoms. The van der Waals surface area contributed by atoms with Crippen LogP contribution in [0.1, 0.15) is 20.7 Å². The molecule has 0 fully saturated rings. The zero-order valence-electron chi connectivity index (χ0n) is 12.5. The molecule has 6 nitrogen and oxygen atoms in total. The summed E-state index contributed by atoms with van der Waals surface area (Å²) in [6.45, 7) is -0.681. The zero-order valence-corrected chi connectivity index (χ0v) is 14.0. The summed E-state index contributed by atoms with van der Waals surface area (Å²) in [7, 11) is 0. The maximum Gasteiger partial charge on any atom is 0.340 e. The molecule has 2 amide bonds. The van der Waals surface area contributed by atoms with Crippen molar-refractivity contribution in [3.05, 3.63) is 69.5 Å². The summed E-state index contributed by atoms with van der Waals surface area (Å²) in [5.41, 5.74) is 3.76. The van der Waals surface area contributed by atoms with Gasteiger partial charge >= 0.3 is 5.97 Å². The molecule has 2 aromatic rings. The Kier molecular flexibility index (Phi) is 6.32. The third kappa shape index (κ3) is 4.91. The average molecular weight is 385 g/mol. The summed E-state index contributed by atoms with van der Waals surface area (Å²) in [6.07, 6.45) is 0. The topological polar surface area (TPSA) is 84.5 Å². The number of hydrazine groups is 1. The lowest BCUT2D eigenvalue weighted by Crippen LogP contribution is -2.43. The van der Waals surface area contributed by atoms with Gasteiger partial charge in [0.25, 0.3) is 11.8 Å². The predicted molar refractivity (Wildman–Crippen MR) is 88.8 cm³/mol.